The molecule has 2 saturated heterocycles. The fourth-order valence-corrected chi connectivity index (χ4v) is 4.25. The number of aliphatic imine (C=N–C) groups is 1. The normalized spacial score (nSPS) is 21.5. The number of piperazine rings is 1. The Labute approximate surface area is 199 Å². The van der Waals surface area contributed by atoms with Gasteiger partial charge in [0.2, 0.25) is 5.91 Å². The summed E-state index contributed by atoms with van der Waals surface area (Å²) in [5.74, 6) is 1.32. The molecule has 0 atom stereocenters. The monoisotopic (exact) mass is 533 g/mol. The average Bonchev–Trinajstić information content (AvgIpc) is 3.04. The van der Waals surface area contributed by atoms with Crippen molar-refractivity contribution in [3.63, 3.8) is 0 Å². The maximum Gasteiger partial charge on any atom is 0.236 e. The van der Waals surface area contributed by atoms with Gasteiger partial charge in [0.15, 0.2) is 5.96 Å². The number of nitrogens with zero attached hydrogens (tertiary/aromatic N) is 4. The third kappa shape index (κ3) is 8.34. The largest absolute Gasteiger partial charge is 0.377 e. The van der Waals surface area contributed by atoms with E-state index in [9.17, 15) is 4.79 Å². The molecule has 3 heterocycles. The van der Waals surface area contributed by atoms with Crippen molar-refractivity contribution in [3.8, 4) is 0 Å². The zero-order valence-electron chi connectivity index (χ0n) is 18.6. The molecule has 8 heteroatoms. The highest BCUT2D eigenvalue weighted by Crippen LogP contribution is 2.13. The van der Waals surface area contributed by atoms with Crippen molar-refractivity contribution < 1.29 is 9.53 Å². The van der Waals surface area contributed by atoms with Crippen LogP contribution in [-0.4, -0.2) is 98.7 Å². The molecule has 0 aromatic heterocycles. The van der Waals surface area contributed by atoms with Gasteiger partial charge in [0, 0.05) is 52.4 Å². The third-order valence-electron chi connectivity index (χ3n) is 6.08. The van der Waals surface area contributed by atoms with E-state index in [1.807, 2.05) is 0 Å². The Balaban J connectivity index is 0.00000320. The van der Waals surface area contributed by atoms with Crippen molar-refractivity contribution in [2.75, 3.05) is 72.1 Å². The first kappa shape index (κ1) is 25.4. The van der Waals surface area contributed by atoms with Gasteiger partial charge in [0.05, 0.1) is 19.8 Å². The zero-order chi connectivity index (χ0) is 20.3. The molecule has 1 amide bonds. The van der Waals surface area contributed by atoms with Crippen molar-refractivity contribution >= 4 is 35.8 Å². The summed E-state index contributed by atoms with van der Waals surface area (Å²) >= 11 is 0. The van der Waals surface area contributed by atoms with Crippen molar-refractivity contribution in [2.45, 2.75) is 45.4 Å². The van der Waals surface area contributed by atoms with Gasteiger partial charge < -0.3 is 19.9 Å². The van der Waals surface area contributed by atoms with Gasteiger partial charge in [-0.15, -0.1) is 24.0 Å². The number of guanidine groups is 1. The number of rotatable bonds is 6. The number of ether oxygens (including phenoxy) is 1. The number of carbonyl (C=O) groups is 1. The number of nitrogens with one attached hydrogen (secondary N) is 1. The lowest BCUT2D eigenvalue weighted by Gasteiger charge is -2.37. The number of likely N-dealkylation sites (tertiary alicyclic amines) is 1. The summed E-state index contributed by atoms with van der Waals surface area (Å²) in [6, 6.07) is 0. The van der Waals surface area contributed by atoms with E-state index in [1.54, 1.807) is 0 Å². The molecular weight excluding hydrogens is 493 g/mol. The zero-order valence-corrected chi connectivity index (χ0v) is 20.9. The van der Waals surface area contributed by atoms with Gasteiger partial charge in [-0.1, -0.05) is 24.5 Å². The van der Waals surface area contributed by atoms with Gasteiger partial charge in [-0.2, -0.15) is 0 Å². The molecule has 0 aliphatic carbocycles. The second-order valence-electron chi connectivity index (χ2n) is 8.23. The lowest BCUT2D eigenvalue weighted by molar-refractivity contribution is -0.132. The summed E-state index contributed by atoms with van der Waals surface area (Å²) in [7, 11) is 0. The Morgan fingerprint density at radius 2 is 1.80 bits per heavy atom. The predicted molar refractivity (Wildman–Crippen MR) is 133 cm³/mol. The van der Waals surface area contributed by atoms with Crippen molar-refractivity contribution in [3.05, 3.63) is 11.6 Å². The second-order valence-corrected chi connectivity index (χ2v) is 8.23. The maximum atomic E-state index is 12.6. The number of amides is 1. The number of hydrogen-bond acceptors (Lipinski definition) is 4. The van der Waals surface area contributed by atoms with E-state index in [1.165, 1.54) is 18.4 Å². The third-order valence-corrected chi connectivity index (χ3v) is 6.08. The highest BCUT2D eigenvalue weighted by Gasteiger charge is 2.23. The van der Waals surface area contributed by atoms with Gasteiger partial charge in [-0.25, -0.2) is 0 Å². The first-order chi connectivity index (χ1) is 14.3. The lowest BCUT2D eigenvalue weighted by atomic mass is 10.1. The standard InChI is InChI=1S/C22H39N5O2.HI/c1-2-23-22(24-10-7-20-8-17-29-18-9-20)27-15-13-25(14-16-27)19-21(28)26-11-5-3-4-6-12-26;/h8H,2-7,9-19H2,1H3,(H,23,24);1H. The first-order valence-corrected chi connectivity index (χ1v) is 11.6. The topological polar surface area (TPSA) is 60.4 Å². The molecule has 0 aromatic rings. The molecule has 0 bridgehead atoms. The molecule has 1 N–H and O–H groups in total. The molecule has 0 saturated carbocycles. The average molecular weight is 533 g/mol. The molecule has 172 valence electrons. The Kier molecular flexibility index (Phi) is 12.1. The Morgan fingerprint density at radius 1 is 1.07 bits per heavy atom. The van der Waals surface area contributed by atoms with E-state index in [-0.39, 0.29) is 24.0 Å². The Hall–Kier alpha value is -0.870. The van der Waals surface area contributed by atoms with E-state index in [2.05, 4.69) is 33.0 Å². The smallest absolute Gasteiger partial charge is 0.236 e. The van der Waals surface area contributed by atoms with Crippen LogP contribution in [-0.2, 0) is 9.53 Å². The predicted octanol–water partition coefficient (Wildman–Crippen LogP) is 2.33. The molecule has 30 heavy (non-hydrogen) atoms. The number of hydrogen-bond donors (Lipinski definition) is 1. The van der Waals surface area contributed by atoms with Crippen LogP contribution in [0, 0.1) is 0 Å². The minimum absolute atomic E-state index is 0. The van der Waals surface area contributed by atoms with E-state index in [4.69, 9.17) is 9.73 Å². The lowest BCUT2D eigenvalue weighted by Crippen LogP contribution is -2.54. The summed E-state index contributed by atoms with van der Waals surface area (Å²) in [4.78, 5) is 24.2. The fourth-order valence-electron chi connectivity index (χ4n) is 4.25. The molecule has 0 unspecified atom stereocenters. The molecule has 0 radical (unpaired) electrons. The SMILES string of the molecule is CCNC(=NCCC1=CCOCC1)N1CCN(CC(=O)N2CCCCCC2)CC1.I. The summed E-state index contributed by atoms with van der Waals surface area (Å²) in [6.07, 6.45) is 9.10. The summed E-state index contributed by atoms with van der Waals surface area (Å²) in [6.45, 7) is 11.6. The molecule has 0 spiro atoms. The molecule has 7 nitrogen and oxygen atoms in total. The molecule has 3 rings (SSSR count). The molecule has 3 aliphatic rings. The molecule has 2 fully saturated rings. The van der Waals surface area contributed by atoms with Crippen LogP contribution in [0.5, 0.6) is 0 Å². The quantitative estimate of drug-likeness (QED) is 0.246. The second kappa shape index (κ2) is 14.2. The number of carbonyl (C=O) groups excluding carboxylic acids is 1. The van der Waals surface area contributed by atoms with E-state index in [0.717, 1.165) is 97.2 Å². The minimum Gasteiger partial charge on any atom is -0.377 e. The van der Waals surface area contributed by atoms with Crippen LogP contribution in [0.3, 0.4) is 0 Å². The Bertz CT molecular complexity index is 568. The summed E-state index contributed by atoms with van der Waals surface area (Å²) in [5.41, 5.74) is 1.47. The minimum atomic E-state index is 0. The number of halogens is 1. The summed E-state index contributed by atoms with van der Waals surface area (Å²) in [5, 5.41) is 3.44. The highest BCUT2D eigenvalue weighted by atomic mass is 127. The summed E-state index contributed by atoms with van der Waals surface area (Å²) < 4.78 is 5.38. The molecular formula is C22H40IN5O2. The van der Waals surface area contributed by atoms with Crippen LogP contribution in [0.25, 0.3) is 0 Å². The van der Waals surface area contributed by atoms with Gasteiger partial charge >= 0.3 is 0 Å². The van der Waals surface area contributed by atoms with Crippen molar-refractivity contribution in [1.82, 2.24) is 20.0 Å². The highest BCUT2D eigenvalue weighted by molar-refractivity contribution is 14.0. The van der Waals surface area contributed by atoms with Crippen LogP contribution >= 0.6 is 24.0 Å². The van der Waals surface area contributed by atoms with Gasteiger partial charge in [0.1, 0.15) is 0 Å². The molecule has 3 aliphatic heterocycles. The maximum absolute atomic E-state index is 12.6. The van der Waals surface area contributed by atoms with Crippen LogP contribution < -0.4 is 5.32 Å². The van der Waals surface area contributed by atoms with Crippen LogP contribution in [0.2, 0.25) is 0 Å². The van der Waals surface area contributed by atoms with Gasteiger partial charge in [0.25, 0.3) is 0 Å². The fraction of sp³-hybridized carbons (Fsp3) is 0.818. The molecule has 0 aromatic carbocycles. The van der Waals surface area contributed by atoms with E-state index < -0.39 is 0 Å². The first-order valence-electron chi connectivity index (χ1n) is 11.6. The van der Waals surface area contributed by atoms with Crippen LogP contribution in [0.4, 0.5) is 0 Å². The van der Waals surface area contributed by atoms with Gasteiger partial charge in [-0.05, 0) is 32.6 Å². The van der Waals surface area contributed by atoms with Gasteiger partial charge in [-0.3, -0.25) is 14.7 Å². The Morgan fingerprint density at radius 3 is 2.43 bits per heavy atom. The van der Waals surface area contributed by atoms with Crippen LogP contribution in [0.15, 0.2) is 16.6 Å². The van der Waals surface area contributed by atoms with Crippen LogP contribution in [0.1, 0.15) is 45.4 Å². The van der Waals surface area contributed by atoms with Crippen molar-refractivity contribution in [2.24, 2.45) is 4.99 Å². The van der Waals surface area contributed by atoms with E-state index in [0.29, 0.717) is 12.5 Å². The van der Waals surface area contributed by atoms with Crippen molar-refractivity contribution in [1.29, 1.82) is 0 Å². The van der Waals surface area contributed by atoms with E-state index >= 15 is 0 Å².